The van der Waals surface area contributed by atoms with Gasteiger partial charge >= 0.3 is 0 Å². The Kier molecular flexibility index (Phi) is 5.12. The summed E-state index contributed by atoms with van der Waals surface area (Å²) < 4.78 is 5.30. The highest BCUT2D eigenvalue weighted by Gasteiger charge is 2.17. The van der Waals surface area contributed by atoms with Gasteiger partial charge in [0.25, 0.3) is 0 Å². The Morgan fingerprint density at radius 3 is 2.75 bits per heavy atom. The molecule has 5 heteroatoms. The summed E-state index contributed by atoms with van der Waals surface area (Å²) in [5.74, 6) is 0.925. The van der Waals surface area contributed by atoms with Crippen LogP contribution in [0.5, 0.6) is 5.75 Å². The van der Waals surface area contributed by atoms with E-state index >= 15 is 0 Å². The molecule has 20 heavy (non-hydrogen) atoms. The topological polar surface area (TPSA) is 41.6 Å². The lowest BCUT2D eigenvalue weighted by Gasteiger charge is -2.16. The van der Waals surface area contributed by atoms with E-state index < -0.39 is 0 Å². The van der Waals surface area contributed by atoms with Crippen LogP contribution < -0.4 is 10.1 Å². The fourth-order valence-electron chi connectivity index (χ4n) is 2.40. The van der Waals surface area contributed by atoms with Crippen molar-refractivity contribution >= 4 is 23.2 Å². The number of likely N-dealkylation sites (tertiary alicyclic amines) is 1. The van der Waals surface area contributed by atoms with E-state index in [0.717, 1.165) is 37.2 Å². The average Bonchev–Trinajstić information content (AvgIpc) is 2.96. The second-order valence-electron chi connectivity index (χ2n) is 5.07. The molecule has 0 aromatic heterocycles. The highest BCUT2D eigenvalue weighted by molar-refractivity contribution is 6.31. The summed E-state index contributed by atoms with van der Waals surface area (Å²) in [4.78, 5) is 13.9. The molecule has 0 atom stereocenters. The molecule has 1 aliphatic rings. The summed E-state index contributed by atoms with van der Waals surface area (Å²) in [6.45, 7) is 4.36. The first-order valence-electron chi connectivity index (χ1n) is 6.97. The van der Waals surface area contributed by atoms with E-state index in [2.05, 4.69) is 5.32 Å². The number of aryl methyl sites for hydroxylation is 1. The van der Waals surface area contributed by atoms with Gasteiger partial charge in [-0.15, -0.1) is 0 Å². The minimum absolute atomic E-state index is 0.222. The van der Waals surface area contributed by atoms with Gasteiger partial charge in [0.05, 0.1) is 12.8 Å². The normalized spacial score (nSPS) is 14.4. The van der Waals surface area contributed by atoms with Crippen molar-refractivity contribution in [2.24, 2.45) is 0 Å². The monoisotopic (exact) mass is 296 g/mol. The van der Waals surface area contributed by atoms with Crippen molar-refractivity contribution in [1.29, 1.82) is 0 Å². The maximum atomic E-state index is 11.9. The van der Waals surface area contributed by atoms with Crippen molar-refractivity contribution in [3.05, 3.63) is 22.7 Å². The van der Waals surface area contributed by atoms with E-state index in [4.69, 9.17) is 16.3 Å². The number of benzene rings is 1. The van der Waals surface area contributed by atoms with Crippen LogP contribution in [0.15, 0.2) is 12.1 Å². The van der Waals surface area contributed by atoms with E-state index in [9.17, 15) is 4.79 Å². The molecule has 110 valence electrons. The van der Waals surface area contributed by atoms with Crippen LogP contribution in [0.2, 0.25) is 5.02 Å². The SMILES string of the molecule is COc1cc(Cl)c(C)cc1NCCC(=O)N1CCCC1. The van der Waals surface area contributed by atoms with Crippen molar-refractivity contribution in [1.82, 2.24) is 4.90 Å². The number of anilines is 1. The number of nitrogens with one attached hydrogen (secondary N) is 1. The van der Waals surface area contributed by atoms with E-state index in [1.807, 2.05) is 17.9 Å². The van der Waals surface area contributed by atoms with Crippen molar-refractivity contribution < 1.29 is 9.53 Å². The fraction of sp³-hybridized carbons (Fsp3) is 0.533. The minimum atomic E-state index is 0.222. The largest absolute Gasteiger partial charge is 0.495 e. The van der Waals surface area contributed by atoms with Crippen LogP contribution in [-0.2, 0) is 4.79 Å². The summed E-state index contributed by atoms with van der Waals surface area (Å²) in [5.41, 5.74) is 1.87. The molecule has 0 aliphatic carbocycles. The van der Waals surface area contributed by atoms with E-state index in [-0.39, 0.29) is 5.91 Å². The number of methoxy groups -OCH3 is 1. The van der Waals surface area contributed by atoms with Crippen LogP contribution >= 0.6 is 11.6 Å². The van der Waals surface area contributed by atoms with E-state index in [0.29, 0.717) is 23.7 Å². The summed E-state index contributed by atoms with van der Waals surface area (Å²) >= 11 is 6.07. The predicted octanol–water partition coefficient (Wildman–Crippen LogP) is 3.08. The Balaban J connectivity index is 1.90. The van der Waals surface area contributed by atoms with Crippen LogP contribution in [0.1, 0.15) is 24.8 Å². The first kappa shape index (κ1) is 15.0. The molecule has 0 saturated carbocycles. The third-order valence-electron chi connectivity index (χ3n) is 3.59. The van der Waals surface area contributed by atoms with E-state index in [1.165, 1.54) is 0 Å². The molecular weight excluding hydrogens is 276 g/mol. The quantitative estimate of drug-likeness (QED) is 0.908. The molecule has 1 heterocycles. The average molecular weight is 297 g/mol. The zero-order valence-corrected chi connectivity index (χ0v) is 12.8. The smallest absolute Gasteiger partial charge is 0.224 e. The zero-order chi connectivity index (χ0) is 14.5. The number of rotatable bonds is 5. The van der Waals surface area contributed by atoms with Crippen LogP contribution in [-0.4, -0.2) is 37.6 Å². The third kappa shape index (κ3) is 3.57. The van der Waals surface area contributed by atoms with Crippen molar-refractivity contribution in [2.45, 2.75) is 26.2 Å². The van der Waals surface area contributed by atoms with Gasteiger partial charge in [0.15, 0.2) is 0 Å². The van der Waals surface area contributed by atoms with Crippen molar-refractivity contribution in [2.75, 3.05) is 32.1 Å². The van der Waals surface area contributed by atoms with Crippen molar-refractivity contribution in [3.8, 4) is 5.75 Å². The molecule has 0 radical (unpaired) electrons. The molecule has 1 fully saturated rings. The molecule has 1 aromatic carbocycles. The molecule has 1 saturated heterocycles. The van der Waals surface area contributed by atoms with Gasteiger partial charge in [-0.3, -0.25) is 4.79 Å². The summed E-state index contributed by atoms with van der Waals surface area (Å²) in [7, 11) is 1.61. The van der Waals surface area contributed by atoms with Crippen LogP contribution in [0, 0.1) is 6.92 Å². The molecule has 1 aromatic rings. The molecular formula is C15H21ClN2O2. The molecule has 4 nitrogen and oxygen atoms in total. The van der Waals surface area contributed by atoms with Gasteiger partial charge < -0.3 is 15.0 Å². The lowest BCUT2D eigenvalue weighted by atomic mass is 10.2. The number of carbonyl (C=O) groups is 1. The third-order valence-corrected chi connectivity index (χ3v) is 4.00. The maximum absolute atomic E-state index is 11.9. The van der Waals surface area contributed by atoms with Gasteiger partial charge in [-0.05, 0) is 31.4 Å². The predicted molar refractivity (Wildman–Crippen MR) is 81.7 cm³/mol. The fourth-order valence-corrected chi connectivity index (χ4v) is 2.55. The Labute approximate surface area is 125 Å². The number of hydrogen-bond donors (Lipinski definition) is 1. The lowest BCUT2D eigenvalue weighted by molar-refractivity contribution is -0.129. The first-order chi connectivity index (χ1) is 9.61. The molecule has 1 amide bonds. The summed E-state index contributed by atoms with van der Waals surface area (Å²) in [6, 6.07) is 3.74. The van der Waals surface area contributed by atoms with E-state index in [1.54, 1.807) is 13.2 Å². The molecule has 0 bridgehead atoms. The second kappa shape index (κ2) is 6.84. The van der Waals surface area contributed by atoms with Gasteiger partial charge in [0.1, 0.15) is 5.75 Å². The standard InChI is InChI=1S/C15H21ClN2O2/c1-11-9-13(14(20-2)10-12(11)16)17-6-5-15(19)18-7-3-4-8-18/h9-10,17H,3-8H2,1-2H3. The number of nitrogens with zero attached hydrogens (tertiary/aromatic N) is 1. The van der Waals surface area contributed by atoms with Crippen LogP contribution in [0.3, 0.4) is 0 Å². The zero-order valence-electron chi connectivity index (χ0n) is 12.0. The van der Waals surface area contributed by atoms with Gasteiger partial charge in [-0.2, -0.15) is 0 Å². The lowest BCUT2D eigenvalue weighted by Crippen LogP contribution is -2.29. The van der Waals surface area contributed by atoms with Gasteiger partial charge in [-0.1, -0.05) is 11.6 Å². The summed E-state index contributed by atoms with van der Waals surface area (Å²) in [6.07, 6.45) is 2.76. The Morgan fingerprint density at radius 2 is 2.10 bits per heavy atom. The second-order valence-corrected chi connectivity index (χ2v) is 5.47. The Morgan fingerprint density at radius 1 is 1.40 bits per heavy atom. The number of carbonyl (C=O) groups excluding carboxylic acids is 1. The van der Waals surface area contributed by atoms with Gasteiger partial charge in [0, 0.05) is 37.1 Å². The Hall–Kier alpha value is -1.42. The van der Waals surface area contributed by atoms with Crippen LogP contribution in [0.4, 0.5) is 5.69 Å². The van der Waals surface area contributed by atoms with Crippen molar-refractivity contribution in [3.63, 3.8) is 0 Å². The molecule has 0 unspecified atom stereocenters. The first-order valence-corrected chi connectivity index (χ1v) is 7.35. The molecule has 0 spiro atoms. The van der Waals surface area contributed by atoms with Gasteiger partial charge in [-0.25, -0.2) is 0 Å². The maximum Gasteiger partial charge on any atom is 0.224 e. The highest BCUT2D eigenvalue weighted by atomic mass is 35.5. The molecule has 1 N–H and O–H groups in total. The molecule has 2 rings (SSSR count). The Bertz CT molecular complexity index is 485. The van der Waals surface area contributed by atoms with Crippen LogP contribution in [0.25, 0.3) is 0 Å². The number of halogens is 1. The summed E-state index contributed by atoms with van der Waals surface area (Å²) in [5, 5.41) is 3.94. The minimum Gasteiger partial charge on any atom is -0.495 e. The van der Waals surface area contributed by atoms with Gasteiger partial charge in [0.2, 0.25) is 5.91 Å². The highest BCUT2D eigenvalue weighted by Crippen LogP contribution is 2.30. The number of amides is 1. The number of hydrogen-bond acceptors (Lipinski definition) is 3. The number of ether oxygens (including phenoxy) is 1. The molecule has 1 aliphatic heterocycles.